The molecular weight excluding hydrogens is 393 g/mol. The number of ether oxygens (including phenoxy) is 1. The van der Waals surface area contributed by atoms with Crippen LogP contribution in [0.15, 0.2) is 52.9 Å². The van der Waals surface area contributed by atoms with Crippen LogP contribution in [-0.4, -0.2) is 22.5 Å². The van der Waals surface area contributed by atoms with Crippen LogP contribution >= 0.6 is 0 Å². The van der Waals surface area contributed by atoms with E-state index in [-0.39, 0.29) is 40.8 Å². The van der Waals surface area contributed by atoms with Gasteiger partial charge in [-0.15, -0.1) is 0 Å². The first kappa shape index (κ1) is 20.1. The number of non-ortho nitro benzene ring substituents is 1. The van der Waals surface area contributed by atoms with Crippen LogP contribution in [0.5, 0.6) is 0 Å². The fraction of sp³-hybridized carbons (Fsp3) is 0.158. The average Bonchev–Trinajstić information content (AvgIpc) is 3.13. The molecule has 3 aromatic rings. The Kier molecular flexibility index (Phi) is 5.35. The highest BCUT2D eigenvalue weighted by Crippen LogP contribution is 2.34. The lowest BCUT2D eigenvalue weighted by atomic mass is 10.1. The smallest absolute Gasteiger partial charge is 0.416 e. The van der Waals surface area contributed by atoms with Gasteiger partial charge in [-0.3, -0.25) is 10.1 Å². The van der Waals surface area contributed by atoms with Crippen molar-refractivity contribution in [3.05, 3.63) is 69.9 Å². The average molecular weight is 406 g/mol. The molecule has 0 spiro atoms. The molecule has 1 heterocycles. The van der Waals surface area contributed by atoms with Gasteiger partial charge in [0.2, 0.25) is 5.89 Å². The van der Waals surface area contributed by atoms with Crippen LogP contribution in [0.3, 0.4) is 0 Å². The lowest BCUT2D eigenvalue weighted by Gasteiger charge is -2.06. The van der Waals surface area contributed by atoms with E-state index in [1.54, 1.807) is 6.92 Å². The largest absolute Gasteiger partial charge is 0.461 e. The van der Waals surface area contributed by atoms with Gasteiger partial charge in [-0.25, -0.2) is 9.78 Å². The second-order valence-corrected chi connectivity index (χ2v) is 5.80. The molecule has 0 fully saturated rings. The first-order valence-corrected chi connectivity index (χ1v) is 8.31. The summed E-state index contributed by atoms with van der Waals surface area (Å²) in [5.41, 5.74) is -0.919. The Bertz CT molecular complexity index is 1060. The second-order valence-electron chi connectivity index (χ2n) is 5.80. The summed E-state index contributed by atoms with van der Waals surface area (Å²) in [7, 11) is 0. The van der Waals surface area contributed by atoms with E-state index in [2.05, 4.69) is 4.98 Å². The van der Waals surface area contributed by atoms with Gasteiger partial charge in [0, 0.05) is 23.3 Å². The minimum Gasteiger partial charge on any atom is -0.461 e. The van der Waals surface area contributed by atoms with Crippen LogP contribution in [-0.2, 0) is 10.9 Å². The summed E-state index contributed by atoms with van der Waals surface area (Å²) in [5, 5.41) is 11.0. The van der Waals surface area contributed by atoms with Crippen molar-refractivity contribution in [1.29, 1.82) is 0 Å². The molecule has 0 aliphatic carbocycles. The van der Waals surface area contributed by atoms with E-state index in [1.165, 1.54) is 24.3 Å². The number of oxazole rings is 1. The van der Waals surface area contributed by atoms with Gasteiger partial charge in [0.05, 0.1) is 17.1 Å². The predicted molar refractivity (Wildman–Crippen MR) is 95.0 cm³/mol. The Balaban J connectivity index is 2.09. The fourth-order valence-corrected chi connectivity index (χ4v) is 2.54. The summed E-state index contributed by atoms with van der Waals surface area (Å²) in [6.45, 7) is 1.64. The number of nitro benzene ring substituents is 1. The minimum absolute atomic E-state index is 0.0513. The van der Waals surface area contributed by atoms with Crippen molar-refractivity contribution < 1.29 is 32.0 Å². The molecule has 1 aromatic heterocycles. The number of hydrogen-bond acceptors (Lipinski definition) is 6. The van der Waals surface area contributed by atoms with Crippen molar-refractivity contribution in [3.8, 4) is 22.8 Å². The maximum atomic E-state index is 12.7. The van der Waals surface area contributed by atoms with Crippen LogP contribution in [0.4, 0.5) is 18.9 Å². The number of benzene rings is 2. The third-order valence-electron chi connectivity index (χ3n) is 3.87. The van der Waals surface area contributed by atoms with Gasteiger partial charge < -0.3 is 9.15 Å². The molecule has 10 heteroatoms. The van der Waals surface area contributed by atoms with Crippen LogP contribution < -0.4 is 0 Å². The van der Waals surface area contributed by atoms with E-state index < -0.39 is 22.6 Å². The molecule has 0 saturated heterocycles. The number of esters is 1. The number of rotatable bonds is 5. The van der Waals surface area contributed by atoms with Gasteiger partial charge >= 0.3 is 12.1 Å². The van der Waals surface area contributed by atoms with Gasteiger partial charge in [0.15, 0.2) is 11.5 Å². The maximum absolute atomic E-state index is 12.7. The SMILES string of the molecule is CCOC(=O)c1nc(-c2ccc(C(F)(F)F)cc2)oc1-c1cccc([N+](=O)[O-])c1. The van der Waals surface area contributed by atoms with Gasteiger partial charge in [-0.05, 0) is 31.2 Å². The number of aromatic nitrogens is 1. The number of hydrogen-bond donors (Lipinski definition) is 0. The van der Waals surface area contributed by atoms with Gasteiger partial charge in [0.1, 0.15) is 0 Å². The highest BCUT2D eigenvalue weighted by atomic mass is 19.4. The van der Waals surface area contributed by atoms with Crippen LogP contribution in [0.25, 0.3) is 22.8 Å². The molecule has 29 heavy (non-hydrogen) atoms. The molecule has 0 aliphatic heterocycles. The van der Waals surface area contributed by atoms with E-state index in [0.29, 0.717) is 0 Å². The van der Waals surface area contributed by atoms with Crippen LogP contribution in [0, 0.1) is 10.1 Å². The zero-order valence-corrected chi connectivity index (χ0v) is 14.9. The Morgan fingerprint density at radius 1 is 1.17 bits per heavy atom. The number of nitrogens with zero attached hydrogens (tertiary/aromatic N) is 2. The molecule has 0 amide bonds. The van der Waals surface area contributed by atoms with Gasteiger partial charge in [-0.2, -0.15) is 13.2 Å². The molecule has 2 aromatic carbocycles. The summed E-state index contributed by atoms with van der Waals surface area (Å²) >= 11 is 0. The molecular formula is C19H13F3N2O5. The highest BCUT2D eigenvalue weighted by Gasteiger charge is 2.30. The summed E-state index contributed by atoms with van der Waals surface area (Å²) in [6, 6.07) is 9.37. The van der Waals surface area contributed by atoms with E-state index >= 15 is 0 Å². The molecule has 7 nitrogen and oxygen atoms in total. The molecule has 0 aliphatic rings. The van der Waals surface area contributed by atoms with Crippen molar-refractivity contribution in [3.63, 3.8) is 0 Å². The molecule has 0 N–H and O–H groups in total. The molecule has 3 rings (SSSR count). The third kappa shape index (κ3) is 4.26. The molecule has 0 unspecified atom stereocenters. The summed E-state index contributed by atoms with van der Waals surface area (Å²) in [5.74, 6) is -1.03. The molecule has 0 bridgehead atoms. The van der Waals surface area contributed by atoms with E-state index in [0.717, 1.165) is 24.3 Å². The topological polar surface area (TPSA) is 95.5 Å². The quantitative estimate of drug-likeness (QED) is 0.332. The second kappa shape index (κ2) is 7.74. The van der Waals surface area contributed by atoms with E-state index in [1.807, 2.05) is 0 Å². The van der Waals surface area contributed by atoms with E-state index in [4.69, 9.17) is 9.15 Å². The Morgan fingerprint density at radius 3 is 2.45 bits per heavy atom. The van der Waals surface area contributed by atoms with Gasteiger partial charge in [-0.1, -0.05) is 12.1 Å². The highest BCUT2D eigenvalue weighted by molar-refractivity contribution is 5.94. The standard InChI is InChI=1S/C19H13F3N2O5/c1-2-28-18(25)15-16(12-4-3-5-14(10-12)24(26)27)29-17(23-15)11-6-8-13(9-7-11)19(20,21)22/h3-10H,2H2,1H3. The lowest BCUT2D eigenvalue weighted by molar-refractivity contribution is -0.384. The zero-order chi connectivity index (χ0) is 21.2. The molecule has 0 atom stereocenters. The normalized spacial score (nSPS) is 11.3. The Morgan fingerprint density at radius 2 is 1.86 bits per heavy atom. The Labute approximate surface area is 161 Å². The molecule has 0 radical (unpaired) electrons. The van der Waals surface area contributed by atoms with Crippen molar-refractivity contribution in [1.82, 2.24) is 4.98 Å². The number of alkyl halides is 3. The van der Waals surface area contributed by atoms with Crippen molar-refractivity contribution in [2.75, 3.05) is 6.61 Å². The molecule has 150 valence electrons. The van der Waals surface area contributed by atoms with Gasteiger partial charge in [0.25, 0.3) is 5.69 Å². The third-order valence-corrected chi connectivity index (χ3v) is 3.87. The summed E-state index contributed by atoms with van der Waals surface area (Å²) in [4.78, 5) is 26.7. The van der Waals surface area contributed by atoms with E-state index in [9.17, 15) is 28.1 Å². The first-order chi connectivity index (χ1) is 13.7. The summed E-state index contributed by atoms with van der Waals surface area (Å²) < 4.78 is 48.8. The zero-order valence-electron chi connectivity index (χ0n) is 14.9. The van der Waals surface area contributed by atoms with Crippen molar-refractivity contribution in [2.45, 2.75) is 13.1 Å². The van der Waals surface area contributed by atoms with Crippen LogP contribution in [0.2, 0.25) is 0 Å². The maximum Gasteiger partial charge on any atom is 0.416 e. The first-order valence-electron chi connectivity index (χ1n) is 8.31. The number of nitro groups is 1. The van der Waals surface area contributed by atoms with Crippen molar-refractivity contribution >= 4 is 11.7 Å². The Hall–Kier alpha value is -3.69. The number of carbonyl (C=O) groups is 1. The van der Waals surface area contributed by atoms with Crippen molar-refractivity contribution in [2.24, 2.45) is 0 Å². The van der Waals surface area contributed by atoms with Crippen LogP contribution in [0.1, 0.15) is 23.0 Å². The predicted octanol–water partition coefficient (Wildman–Crippen LogP) is 5.11. The minimum atomic E-state index is -4.50. The fourth-order valence-electron chi connectivity index (χ4n) is 2.54. The number of halogens is 3. The monoisotopic (exact) mass is 406 g/mol. The molecule has 0 saturated carbocycles. The lowest BCUT2D eigenvalue weighted by Crippen LogP contribution is -2.06. The summed E-state index contributed by atoms with van der Waals surface area (Å²) in [6.07, 6.45) is -4.50. The number of carbonyl (C=O) groups excluding carboxylic acids is 1.